The monoisotopic (exact) mass is 246 g/mol. The lowest BCUT2D eigenvalue weighted by Gasteiger charge is -2.08. The van der Waals surface area contributed by atoms with Crippen molar-refractivity contribution in [3.8, 4) is 5.82 Å². The predicted octanol–water partition coefficient (Wildman–Crippen LogP) is 0.880. The highest BCUT2D eigenvalue weighted by atomic mass is 16.4. The van der Waals surface area contributed by atoms with Crippen LogP contribution in [-0.2, 0) is 0 Å². The van der Waals surface area contributed by atoms with E-state index < -0.39 is 0 Å². The van der Waals surface area contributed by atoms with Crippen LogP contribution in [0.4, 0.5) is 0 Å². The van der Waals surface area contributed by atoms with Crippen molar-refractivity contribution in [2.24, 2.45) is 10.9 Å². The third-order valence-electron chi connectivity index (χ3n) is 2.49. The molecular weight excluding hydrogens is 232 g/mol. The zero-order valence-electron chi connectivity index (χ0n) is 10.1. The topological polar surface area (TPSA) is 102 Å². The Bertz CT molecular complexity index is 574. The van der Waals surface area contributed by atoms with Crippen LogP contribution < -0.4 is 5.73 Å². The highest BCUT2D eigenvalue weighted by molar-refractivity contribution is 5.94. The Morgan fingerprint density at radius 3 is 2.83 bits per heavy atom. The minimum absolute atomic E-state index is 0.0651. The molecule has 0 atom stereocenters. The molecule has 94 valence electrons. The fraction of sp³-hybridized carbons (Fsp3) is 0.273. The van der Waals surface area contributed by atoms with Crippen molar-refractivity contribution in [2.75, 3.05) is 0 Å². The van der Waals surface area contributed by atoms with E-state index in [9.17, 15) is 0 Å². The van der Waals surface area contributed by atoms with Crippen LogP contribution in [0.5, 0.6) is 0 Å². The first-order valence-electron chi connectivity index (χ1n) is 5.47. The molecule has 2 aromatic rings. The van der Waals surface area contributed by atoms with Crippen LogP contribution in [0.1, 0.15) is 31.3 Å². The molecule has 18 heavy (non-hydrogen) atoms. The minimum Gasteiger partial charge on any atom is -0.409 e. The first-order chi connectivity index (χ1) is 8.63. The molecule has 0 amide bonds. The SMILES string of the molecule is CC(C)c1cc(-n2ccnc2C(N)=NO)ncn1. The number of imidazole rings is 1. The second-order valence-corrected chi connectivity index (χ2v) is 4.06. The molecule has 2 heterocycles. The number of nitrogens with two attached hydrogens (primary N) is 1. The molecule has 0 aliphatic rings. The third kappa shape index (κ3) is 2.15. The summed E-state index contributed by atoms with van der Waals surface area (Å²) in [6, 6.07) is 1.85. The summed E-state index contributed by atoms with van der Waals surface area (Å²) in [5.74, 6) is 1.20. The van der Waals surface area contributed by atoms with E-state index in [1.807, 2.05) is 19.9 Å². The van der Waals surface area contributed by atoms with Gasteiger partial charge in [0.25, 0.3) is 0 Å². The Labute approximate surface area is 104 Å². The van der Waals surface area contributed by atoms with E-state index in [1.165, 1.54) is 6.33 Å². The van der Waals surface area contributed by atoms with Gasteiger partial charge in [0.2, 0.25) is 5.84 Å². The molecule has 0 aliphatic heterocycles. The van der Waals surface area contributed by atoms with Crippen molar-refractivity contribution >= 4 is 5.84 Å². The molecular formula is C11H14N6O. The number of oxime groups is 1. The number of rotatable bonds is 3. The molecule has 7 heteroatoms. The van der Waals surface area contributed by atoms with E-state index in [4.69, 9.17) is 10.9 Å². The van der Waals surface area contributed by atoms with Crippen molar-refractivity contribution in [1.82, 2.24) is 19.5 Å². The third-order valence-corrected chi connectivity index (χ3v) is 2.49. The average molecular weight is 246 g/mol. The van der Waals surface area contributed by atoms with Gasteiger partial charge in [0.05, 0.1) is 0 Å². The standard InChI is InChI=1S/C11H14N6O/c1-7(2)8-5-9(15-6-14-8)17-4-3-13-11(17)10(12)16-18/h3-7,18H,1-2H3,(H2,12,16). The van der Waals surface area contributed by atoms with E-state index >= 15 is 0 Å². The summed E-state index contributed by atoms with van der Waals surface area (Å²) in [6.45, 7) is 4.09. The first-order valence-corrected chi connectivity index (χ1v) is 5.47. The lowest BCUT2D eigenvalue weighted by atomic mass is 10.1. The highest BCUT2D eigenvalue weighted by Gasteiger charge is 2.11. The summed E-state index contributed by atoms with van der Waals surface area (Å²) < 4.78 is 1.64. The zero-order valence-corrected chi connectivity index (χ0v) is 10.1. The normalized spacial score (nSPS) is 12.1. The van der Waals surface area contributed by atoms with Gasteiger partial charge in [0.15, 0.2) is 5.82 Å². The van der Waals surface area contributed by atoms with Crippen molar-refractivity contribution in [1.29, 1.82) is 0 Å². The summed E-state index contributed by atoms with van der Waals surface area (Å²) >= 11 is 0. The van der Waals surface area contributed by atoms with Gasteiger partial charge in [-0.15, -0.1) is 0 Å². The number of amidine groups is 1. The molecule has 0 aromatic carbocycles. The van der Waals surface area contributed by atoms with E-state index in [0.29, 0.717) is 17.6 Å². The Hall–Kier alpha value is -2.44. The predicted molar refractivity (Wildman–Crippen MR) is 65.8 cm³/mol. The van der Waals surface area contributed by atoms with Gasteiger partial charge in [-0.25, -0.2) is 15.0 Å². The van der Waals surface area contributed by atoms with Gasteiger partial charge in [0.1, 0.15) is 12.1 Å². The maximum atomic E-state index is 8.70. The molecule has 0 saturated carbocycles. The summed E-state index contributed by atoms with van der Waals surface area (Å²) in [7, 11) is 0. The van der Waals surface area contributed by atoms with Crippen LogP contribution in [0.25, 0.3) is 5.82 Å². The zero-order chi connectivity index (χ0) is 13.1. The molecule has 0 bridgehead atoms. The van der Waals surface area contributed by atoms with Crippen LogP contribution in [-0.4, -0.2) is 30.6 Å². The molecule has 3 N–H and O–H groups in total. The van der Waals surface area contributed by atoms with Gasteiger partial charge >= 0.3 is 0 Å². The van der Waals surface area contributed by atoms with Crippen molar-refractivity contribution < 1.29 is 5.21 Å². The maximum absolute atomic E-state index is 8.70. The Morgan fingerprint density at radius 2 is 2.17 bits per heavy atom. The van der Waals surface area contributed by atoms with E-state index in [2.05, 4.69) is 20.1 Å². The fourth-order valence-corrected chi connectivity index (χ4v) is 1.53. The molecule has 2 rings (SSSR count). The first kappa shape index (κ1) is 12.0. The van der Waals surface area contributed by atoms with Gasteiger partial charge in [-0.05, 0) is 5.92 Å². The van der Waals surface area contributed by atoms with E-state index in [-0.39, 0.29) is 5.84 Å². The molecule has 7 nitrogen and oxygen atoms in total. The maximum Gasteiger partial charge on any atom is 0.206 e. The number of hydrogen-bond acceptors (Lipinski definition) is 5. The van der Waals surface area contributed by atoms with E-state index in [1.54, 1.807) is 17.0 Å². The van der Waals surface area contributed by atoms with Gasteiger partial charge < -0.3 is 10.9 Å². The minimum atomic E-state index is -0.0651. The molecule has 0 spiro atoms. The van der Waals surface area contributed by atoms with E-state index in [0.717, 1.165) is 5.69 Å². The summed E-state index contributed by atoms with van der Waals surface area (Å²) in [5.41, 5.74) is 6.46. The highest BCUT2D eigenvalue weighted by Crippen LogP contribution is 2.14. The Kier molecular flexibility index (Phi) is 3.22. The molecule has 0 fully saturated rings. The number of aromatic nitrogens is 4. The lowest BCUT2D eigenvalue weighted by molar-refractivity contribution is 0.318. The summed E-state index contributed by atoms with van der Waals surface area (Å²) in [5, 5.41) is 11.6. The Balaban J connectivity index is 2.49. The van der Waals surface area contributed by atoms with Gasteiger partial charge in [-0.2, -0.15) is 0 Å². The molecule has 0 radical (unpaired) electrons. The number of nitrogens with zero attached hydrogens (tertiary/aromatic N) is 5. The smallest absolute Gasteiger partial charge is 0.206 e. The van der Waals surface area contributed by atoms with Crippen LogP contribution in [0.2, 0.25) is 0 Å². The van der Waals surface area contributed by atoms with Crippen molar-refractivity contribution in [3.05, 3.63) is 36.3 Å². The van der Waals surface area contributed by atoms with Crippen LogP contribution in [0, 0.1) is 0 Å². The quantitative estimate of drug-likeness (QED) is 0.362. The lowest BCUT2D eigenvalue weighted by Crippen LogP contribution is -2.19. The van der Waals surface area contributed by atoms with Crippen LogP contribution >= 0.6 is 0 Å². The van der Waals surface area contributed by atoms with Gasteiger partial charge in [0, 0.05) is 24.2 Å². The fourth-order valence-electron chi connectivity index (χ4n) is 1.53. The average Bonchev–Trinajstić information content (AvgIpc) is 2.87. The second kappa shape index (κ2) is 4.82. The molecule has 0 aliphatic carbocycles. The van der Waals surface area contributed by atoms with Gasteiger partial charge in [-0.3, -0.25) is 4.57 Å². The van der Waals surface area contributed by atoms with Crippen molar-refractivity contribution in [2.45, 2.75) is 19.8 Å². The van der Waals surface area contributed by atoms with Crippen molar-refractivity contribution in [3.63, 3.8) is 0 Å². The van der Waals surface area contributed by atoms with Gasteiger partial charge in [-0.1, -0.05) is 19.0 Å². The molecule has 0 saturated heterocycles. The molecule has 2 aromatic heterocycles. The largest absolute Gasteiger partial charge is 0.409 e. The number of hydrogen-bond donors (Lipinski definition) is 2. The Morgan fingerprint density at radius 1 is 1.39 bits per heavy atom. The van der Waals surface area contributed by atoms with Crippen LogP contribution in [0.15, 0.2) is 29.9 Å². The van der Waals surface area contributed by atoms with Crippen LogP contribution in [0.3, 0.4) is 0 Å². The molecule has 0 unspecified atom stereocenters. The second-order valence-electron chi connectivity index (χ2n) is 4.06. The summed E-state index contributed by atoms with van der Waals surface area (Å²) in [6.07, 6.45) is 4.74. The summed E-state index contributed by atoms with van der Waals surface area (Å²) in [4.78, 5) is 12.4.